The van der Waals surface area contributed by atoms with Crippen LogP contribution in [0.1, 0.15) is 17.5 Å². The number of fused-ring (bicyclic) bond motifs is 2. The summed E-state index contributed by atoms with van der Waals surface area (Å²) in [4.78, 5) is -0.947. The monoisotopic (exact) mass is 310 g/mol. The van der Waals surface area contributed by atoms with Crippen molar-refractivity contribution in [3.05, 3.63) is 84.0 Å². The standard InChI is InChI=1S/C19H15ClO2/c20-18(12-6-1-7-13-18)19(21)14-8-2-4-10-16(14)22-17-11-5-3-9-15(17)19/h1-12,21H,13H2. The van der Waals surface area contributed by atoms with Gasteiger partial charge in [0.05, 0.1) is 0 Å². The first-order valence-corrected chi connectivity index (χ1v) is 7.65. The molecule has 1 aliphatic heterocycles. The van der Waals surface area contributed by atoms with Crippen molar-refractivity contribution in [1.82, 2.24) is 0 Å². The number of allylic oxidation sites excluding steroid dienone is 3. The smallest absolute Gasteiger partial charge is 0.145 e. The zero-order valence-corrected chi connectivity index (χ0v) is 12.6. The van der Waals surface area contributed by atoms with Gasteiger partial charge in [0.15, 0.2) is 0 Å². The summed E-state index contributed by atoms with van der Waals surface area (Å²) in [6.07, 6.45) is 8.22. The van der Waals surface area contributed by atoms with Crippen LogP contribution in [0.25, 0.3) is 0 Å². The molecule has 0 saturated heterocycles. The summed E-state index contributed by atoms with van der Waals surface area (Å²) in [5, 5.41) is 11.8. The van der Waals surface area contributed by atoms with Crippen molar-refractivity contribution in [3.63, 3.8) is 0 Å². The topological polar surface area (TPSA) is 29.5 Å². The Morgan fingerprint density at radius 1 is 0.909 bits per heavy atom. The Morgan fingerprint density at radius 2 is 1.50 bits per heavy atom. The normalized spacial score (nSPS) is 24.3. The van der Waals surface area contributed by atoms with E-state index in [-0.39, 0.29) is 0 Å². The lowest BCUT2D eigenvalue weighted by molar-refractivity contribution is 0.0402. The number of para-hydroxylation sites is 2. The van der Waals surface area contributed by atoms with Gasteiger partial charge in [-0.05, 0) is 18.6 Å². The molecule has 0 aromatic heterocycles. The first-order valence-electron chi connectivity index (χ1n) is 7.28. The van der Waals surface area contributed by atoms with Crippen molar-refractivity contribution < 1.29 is 9.84 Å². The average molecular weight is 311 g/mol. The molecule has 3 heteroatoms. The van der Waals surface area contributed by atoms with E-state index < -0.39 is 10.5 Å². The number of ether oxygens (including phenoxy) is 1. The average Bonchev–Trinajstić information content (AvgIpc) is 2.56. The molecule has 1 N–H and O–H groups in total. The molecule has 0 saturated carbocycles. The second-order valence-corrected chi connectivity index (χ2v) is 6.33. The largest absolute Gasteiger partial charge is 0.457 e. The second kappa shape index (κ2) is 4.73. The minimum Gasteiger partial charge on any atom is -0.457 e. The SMILES string of the molecule is OC1(C2(Cl)C=CC=CC2)c2ccccc2Oc2ccccc21. The van der Waals surface area contributed by atoms with Gasteiger partial charge in [-0.15, -0.1) is 11.6 Å². The van der Waals surface area contributed by atoms with Gasteiger partial charge in [0.25, 0.3) is 0 Å². The number of hydrogen-bond donors (Lipinski definition) is 1. The summed E-state index contributed by atoms with van der Waals surface area (Å²) in [5.74, 6) is 1.29. The molecule has 1 heterocycles. The van der Waals surface area contributed by atoms with E-state index >= 15 is 0 Å². The van der Waals surface area contributed by atoms with Gasteiger partial charge in [-0.2, -0.15) is 0 Å². The lowest BCUT2D eigenvalue weighted by atomic mass is 9.71. The number of aliphatic hydroxyl groups is 1. The second-order valence-electron chi connectivity index (χ2n) is 5.66. The number of hydrogen-bond acceptors (Lipinski definition) is 2. The molecular weight excluding hydrogens is 296 g/mol. The van der Waals surface area contributed by atoms with Gasteiger partial charge < -0.3 is 9.84 Å². The molecule has 1 atom stereocenters. The Labute approximate surface area is 134 Å². The van der Waals surface area contributed by atoms with Gasteiger partial charge in [-0.25, -0.2) is 0 Å². The van der Waals surface area contributed by atoms with Gasteiger partial charge >= 0.3 is 0 Å². The highest BCUT2D eigenvalue weighted by molar-refractivity contribution is 6.26. The van der Waals surface area contributed by atoms with E-state index in [2.05, 4.69) is 0 Å². The molecule has 0 bridgehead atoms. The zero-order valence-electron chi connectivity index (χ0n) is 11.9. The van der Waals surface area contributed by atoms with Crippen LogP contribution in [0.4, 0.5) is 0 Å². The summed E-state index contributed by atoms with van der Waals surface area (Å²) in [7, 11) is 0. The highest BCUT2D eigenvalue weighted by Gasteiger charge is 2.54. The molecule has 110 valence electrons. The van der Waals surface area contributed by atoms with Crippen LogP contribution in [-0.2, 0) is 5.60 Å². The van der Waals surface area contributed by atoms with E-state index in [0.29, 0.717) is 29.0 Å². The van der Waals surface area contributed by atoms with Gasteiger partial charge in [0, 0.05) is 11.1 Å². The molecule has 2 aliphatic rings. The van der Waals surface area contributed by atoms with Crippen molar-refractivity contribution >= 4 is 11.6 Å². The van der Waals surface area contributed by atoms with Gasteiger partial charge in [-0.1, -0.05) is 60.7 Å². The van der Waals surface area contributed by atoms with E-state index in [9.17, 15) is 5.11 Å². The van der Waals surface area contributed by atoms with E-state index in [4.69, 9.17) is 16.3 Å². The van der Waals surface area contributed by atoms with Crippen LogP contribution < -0.4 is 4.74 Å². The maximum absolute atomic E-state index is 11.8. The lowest BCUT2D eigenvalue weighted by Gasteiger charge is -2.45. The summed E-state index contributed by atoms with van der Waals surface area (Å²) < 4.78 is 5.95. The fraction of sp³-hybridized carbons (Fsp3) is 0.158. The number of rotatable bonds is 1. The molecular formula is C19H15ClO2. The highest BCUT2D eigenvalue weighted by atomic mass is 35.5. The van der Waals surface area contributed by atoms with Crippen molar-refractivity contribution in [2.75, 3.05) is 0 Å². The van der Waals surface area contributed by atoms with Crippen LogP contribution in [0.5, 0.6) is 11.5 Å². The zero-order chi connectivity index (χ0) is 15.2. The van der Waals surface area contributed by atoms with Crippen LogP contribution >= 0.6 is 11.6 Å². The van der Waals surface area contributed by atoms with Crippen LogP contribution in [0, 0.1) is 0 Å². The summed E-state index contributed by atoms with van der Waals surface area (Å²) in [6.45, 7) is 0. The number of benzene rings is 2. The van der Waals surface area contributed by atoms with E-state index in [1.165, 1.54) is 0 Å². The first-order chi connectivity index (χ1) is 10.7. The van der Waals surface area contributed by atoms with Crippen molar-refractivity contribution in [2.45, 2.75) is 16.9 Å². The molecule has 2 nitrogen and oxygen atoms in total. The third-order valence-electron chi connectivity index (χ3n) is 4.40. The predicted molar refractivity (Wildman–Crippen MR) is 87.4 cm³/mol. The lowest BCUT2D eigenvalue weighted by Crippen LogP contribution is -2.49. The molecule has 1 aliphatic carbocycles. The molecule has 2 aromatic carbocycles. The summed E-state index contributed by atoms with van der Waals surface area (Å²) in [6, 6.07) is 15.0. The molecule has 1 unspecified atom stereocenters. The highest BCUT2D eigenvalue weighted by Crippen LogP contribution is 2.55. The molecule has 0 spiro atoms. The third kappa shape index (κ3) is 1.71. The van der Waals surface area contributed by atoms with Crippen LogP contribution in [0.3, 0.4) is 0 Å². The minimum absolute atomic E-state index is 0.546. The van der Waals surface area contributed by atoms with E-state index in [0.717, 1.165) is 0 Å². The summed E-state index contributed by atoms with van der Waals surface area (Å²) >= 11 is 6.91. The Kier molecular flexibility index (Phi) is 2.93. The Hall–Kier alpha value is -2.03. The van der Waals surface area contributed by atoms with Gasteiger partial charge in [0.2, 0.25) is 0 Å². The van der Waals surface area contributed by atoms with Crippen molar-refractivity contribution in [3.8, 4) is 11.5 Å². The minimum atomic E-state index is -1.35. The number of alkyl halides is 1. The molecule has 4 rings (SSSR count). The Morgan fingerprint density at radius 3 is 2.05 bits per heavy atom. The van der Waals surface area contributed by atoms with Crippen molar-refractivity contribution in [1.29, 1.82) is 0 Å². The first kappa shape index (κ1) is 13.6. The predicted octanol–water partition coefficient (Wildman–Crippen LogP) is 4.52. The number of halogens is 1. The fourth-order valence-corrected chi connectivity index (χ4v) is 3.65. The van der Waals surface area contributed by atoms with Crippen LogP contribution in [-0.4, -0.2) is 9.98 Å². The van der Waals surface area contributed by atoms with E-state index in [1.807, 2.05) is 72.8 Å². The summed E-state index contributed by atoms with van der Waals surface area (Å²) in [5.41, 5.74) is 0.0497. The maximum atomic E-state index is 11.8. The van der Waals surface area contributed by atoms with Gasteiger partial charge in [0.1, 0.15) is 22.0 Å². The van der Waals surface area contributed by atoms with Crippen LogP contribution in [0.15, 0.2) is 72.8 Å². The maximum Gasteiger partial charge on any atom is 0.145 e. The molecule has 2 aromatic rings. The fourth-order valence-electron chi connectivity index (χ4n) is 3.28. The van der Waals surface area contributed by atoms with Crippen molar-refractivity contribution in [2.24, 2.45) is 0 Å². The Bertz CT molecular complexity index is 748. The quantitative estimate of drug-likeness (QED) is 0.785. The third-order valence-corrected chi connectivity index (χ3v) is 4.95. The van der Waals surface area contributed by atoms with Crippen LogP contribution in [0.2, 0.25) is 0 Å². The Balaban J connectivity index is 2.02. The molecule has 0 fully saturated rings. The molecule has 0 amide bonds. The van der Waals surface area contributed by atoms with E-state index in [1.54, 1.807) is 0 Å². The molecule has 0 radical (unpaired) electrons. The van der Waals surface area contributed by atoms with Gasteiger partial charge in [-0.3, -0.25) is 0 Å². The molecule has 22 heavy (non-hydrogen) atoms.